The van der Waals surface area contributed by atoms with Crippen LogP contribution in [0.4, 0.5) is 18.9 Å². The molecule has 0 bridgehead atoms. The largest absolute Gasteiger partial charge is 0.422 e. The van der Waals surface area contributed by atoms with Crippen molar-refractivity contribution < 1.29 is 18.0 Å². The fourth-order valence-corrected chi connectivity index (χ4v) is 4.56. The maximum atomic E-state index is 13.2. The molecule has 1 unspecified atom stereocenters. The molecule has 0 radical (unpaired) electrons. The lowest BCUT2D eigenvalue weighted by atomic mass is 10.1. The standard InChI is InChI=1S/C24H24F3N7O2/c1-14-20(24(25,26)27)23(36)32-19-9-15(10-31-21(14)19)12-33-7-8-34(17(13-33)5-6-28)16-3-4-18(30-11-16)22(35)29-2/h3-4,9-11,17H,5,7-8,12-13H2,1-2H3,(H,29,35)(H,32,36). The van der Waals surface area contributed by atoms with Gasteiger partial charge in [-0.25, -0.2) is 4.98 Å². The summed E-state index contributed by atoms with van der Waals surface area (Å²) in [6, 6.07) is 7.18. The van der Waals surface area contributed by atoms with E-state index in [9.17, 15) is 28.0 Å². The molecule has 1 atom stereocenters. The highest BCUT2D eigenvalue weighted by Crippen LogP contribution is 2.31. The molecule has 36 heavy (non-hydrogen) atoms. The molecule has 3 aromatic rings. The van der Waals surface area contributed by atoms with Gasteiger partial charge in [-0.3, -0.25) is 19.5 Å². The van der Waals surface area contributed by atoms with Gasteiger partial charge >= 0.3 is 6.18 Å². The Labute approximate surface area is 204 Å². The van der Waals surface area contributed by atoms with Gasteiger partial charge in [0.05, 0.1) is 41.4 Å². The van der Waals surface area contributed by atoms with E-state index in [1.807, 2.05) is 0 Å². The number of rotatable bonds is 5. The molecule has 4 rings (SSSR count). The Morgan fingerprint density at radius 3 is 2.69 bits per heavy atom. The van der Waals surface area contributed by atoms with Crippen LogP contribution in [0.1, 0.15) is 33.6 Å². The molecule has 9 nitrogen and oxygen atoms in total. The quantitative estimate of drug-likeness (QED) is 0.554. The molecule has 1 amide bonds. The highest BCUT2D eigenvalue weighted by atomic mass is 19.4. The minimum Gasteiger partial charge on any atom is -0.364 e. The molecule has 0 aromatic carbocycles. The number of H-pyrrole nitrogens is 1. The molecule has 2 N–H and O–H groups in total. The van der Waals surface area contributed by atoms with Crippen LogP contribution >= 0.6 is 0 Å². The zero-order valence-electron chi connectivity index (χ0n) is 19.7. The number of amides is 1. The predicted molar refractivity (Wildman–Crippen MR) is 126 cm³/mol. The molecule has 1 aliphatic heterocycles. The zero-order chi connectivity index (χ0) is 26.0. The summed E-state index contributed by atoms with van der Waals surface area (Å²) in [5, 5.41) is 11.9. The maximum absolute atomic E-state index is 13.2. The summed E-state index contributed by atoms with van der Waals surface area (Å²) in [5.41, 5.74) is -0.430. The van der Waals surface area contributed by atoms with Crippen LogP contribution in [0.3, 0.4) is 0 Å². The van der Waals surface area contributed by atoms with Gasteiger partial charge in [-0.05, 0) is 36.2 Å². The number of carbonyl (C=O) groups is 1. The first-order chi connectivity index (χ1) is 17.1. The molecule has 1 fully saturated rings. The van der Waals surface area contributed by atoms with Crippen LogP contribution in [0, 0.1) is 18.3 Å². The van der Waals surface area contributed by atoms with Crippen molar-refractivity contribution in [2.75, 3.05) is 31.6 Å². The van der Waals surface area contributed by atoms with Crippen LogP contribution < -0.4 is 15.8 Å². The number of halogens is 3. The number of aryl methyl sites for hydroxylation is 1. The lowest BCUT2D eigenvalue weighted by molar-refractivity contribution is -0.139. The summed E-state index contributed by atoms with van der Waals surface area (Å²) in [6.07, 6.45) is -1.36. The number of anilines is 1. The van der Waals surface area contributed by atoms with E-state index >= 15 is 0 Å². The number of alkyl halides is 3. The lowest BCUT2D eigenvalue weighted by Crippen LogP contribution is -2.52. The molecule has 0 spiro atoms. The van der Waals surface area contributed by atoms with E-state index in [-0.39, 0.29) is 35.0 Å². The van der Waals surface area contributed by atoms with Crippen molar-refractivity contribution >= 4 is 22.6 Å². The third kappa shape index (κ3) is 5.01. The van der Waals surface area contributed by atoms with Crippen molar-refractivity contribution in [3.8, 4) is 6.07 Å². The second kappa shape index (κ2) is 9.94. The van der Waals surface area contributed by atoms with Crippen LogP contribution in [-0.4, -0.2) is 58.5 Å². The van der Waals surface area contributed by atoms with Gasteiger partial charge in [0.25, 0.3) is 11.5 Å². The highest BCUT2D eigenvalue weighted by Gasteiger charge is 2.37. The molecule has 188 valence electrons. The average molecular weight is 499 g/mol. The molecule has 12 heteroatoms. The van der Waals surface area contributed by atoms with E-state index in [0.29, 0.717) is 31.9 Å². The van der Waals surface area contributed by atoms with Crippen LogP contribution in [0.15, 0.2) is 35.4 Å². The first-order valence-corrected chi connectivity index (χ1v) is 11.2. The molecule has 4 heterocycles. The van der Waals surface area contributed by atoms with Crippen molar-refractivity contribution in [2.45, 2.75) is 32.1 Å². The summed E-state index contributed by atoms with van der Waals surface area (Å²) in [7, 11) is 1.53. The van der Waals surface area contributed by atoms with E-state index in [1.165, 1.54) is 20.2 Å². The Morgan fingerprint density at radius 2 is 2.06 bits per heavy atom. The van der Waals surface area contributed by atoms with E-state index in [4.69, 9.17) is 0 Å². The highest BCUT2D eigenvalue weighted by molar-refractivity contribution is 5.92. The predicted octanol–water partition coefficient (Wildman–Crippen LogP) is 2.61. The summed E-state index contributed by atoms with van der Waals surface area (Å²) < 4.78 is 39.7. The van der Waals surface area contributed by atoms with Crippen LogP contribution in [0.5, 0.6) is 0 Å². The SMILES string of the molecule is CNC(=O)c1ccc(N2CCN(Cc3cnc4c(C)c(C(F)(F)F)c(=O)[nH]c4c3)CC2CC#N)cn1. The molecule has 1 saturated heterocycles. The normalized spacial score (nSPS) is 16.7. The summed E-state index contributed by atoms with van der Waals surface area (Å²) in [6.45, 7) is 3.52. The Balaban J connectivity index is 1.52. The first-order valence-electron chi connectivity index (χ1n) is 11.2. The topological polar surface area (TPSA) is 118 Å². The van der Waals surface area contributed by atoms with E-state index in [0.717, 1.165) is 11.3 Å². The number of pyridine rings is 3. The number of nitriles is 1. The monoisotopic (exact) mass is 499 g/mol. The Hall–Kier alpha value is -3.98. The van der Waals surface area contributed by atoms with Gasteiger partial charge in [0.2, 0.25) is 0 Å². The van der Waals surface area contributed by atoms with E-state index in [2.05, 4.69) is 36.1 Å². The number of nitrogens with zero attached hydrogens (tertiary/aromatic N) is 5. The van der Waals surface area contributed by atoms with Gasteiger partial charge in [0, 0.05) is 39.4 Å². The smallest absolute Gasteiger partial charge is 0.364 e. The Morgan fingerprint density at radius 1 is 1.28 bits per heavy atom. The minimum absolute atomic E-state index is 0.102. The number of carbonyl (C=O) groups excluding carboxylic acids is 1. The number of fused-ring (bicyclic) bond motifs is 1. The van der Waals surface area contributed by atoms with Gasteiger partial charge < -0.3 is 15.2 Å². The second-order valence-corrected chi connectivity index (χ2v) is 8.62. The Bertz CT molecular complexity index is 1380. The van der Waals surface area contributed by atoms with Gasteiger partial charge in [-0.15, -0.1) is 0 Å². The number of aromatic amines is 1. The number of nitrogens with one attached hydrogen (secondary N) is 2. The third-order valence-corrected chi connectivity index (χ3v) is 6.27. The zero-order valence-corrected chi connectivity index (χ0v) is 19.7. The van der Waals surface area contributed by atoms with Crippen LogP contribution in [-0.2, 0) is 12.7 Å². The van der Waals surface area contributed by atoms with Crippen LogP contribution in [0.2, 0.25) is 0 Å². The van der Waals surface area contributed by atoms with Crippen molar-refractivity contribution in [3.63, 3.8) is 0 Å². The van der Waals surface area contributed by atoms with Gasteiger partial charge in [-0.1, -0.05) is 0 Å². The number of piperazine rings is 1. The van der Waals surface area contributed by atoms with Gasteiger partial charge in [-0.2, -0.15) is 18.4 Å². The second-order valence-electron chi connectivity index (χ2n) is 8.62. The number of aromatic nitrogens is 3. The lowest BCUT2D eigenvalue weighted by Gasteiger charge is -2.42. The van der Waals surface area contributed by atoms with Gasteiger partial charge in [0.1, 0.15) is 11.3 Å². The first kappa shape index (κ1) is 25.1. The maximum Gasteiger partial charge on any atom is 0.422 e. The van der Waals surface area contributed by atoms with E-state index < -0.39 is 17.3 Å². The molecule has 0 saturated carbocycles. The molecular formula is C24H24F3N7O2. The third-order valence-electron chi connectivity index (χ3n) is 6.27. The fourth-order valence-electron chi connectivity index (χ4n) is 4.56. The average Bonchev–Trinajstić information content (AvgIpc) is 2.83. The summed E-state index contributed by atoms with van der Waals surface area (Å²) in [5.74, 6) is -0.282. The van der Waals surface area contributed by atoms with Crippen molar-refractivity contribution in [3.05, 3.63) is 63.3 Å². The van der Waals surface area contributed by atoms with Crippen molar-refractivity contribution in [1.29, 1.82) is 5.26 Å². The number of hydrogen-bond donors (Lipinski definition) is 2. The van der Waals surface area contributed by atoms with Crippen LogP contribution in [0.25, 0.3) is 11.0 Å². The van der Waals surface area contributed by atoms with Crippen molar-refractivity contribution in [1.82, 2.24) is 25.2 Å². The van der Waals surface area contributed by atoms with Crippen molar-refractivity contribution in [2.24, 2.45) is 0 Å². The number of hydrogen-bond acceptors (Lipinski definition) is 7. The molecule has 1 aliphatic rings. The molecule has 3 aromatic heterocycles. The fraction of sp³-hybridized carbons (Fsp3) is 0.375. The minimum atomic E-state index is -4.76. The summed E-state index contributed by atoms with van der Waals surface area (Å²) in [4.78, 5) is 38.8. The van der Waals surface area contributed by atoms with Gasteiger partial charge in [0.15, 0.2) is 0 Å². The molecule has 0 aliphatic carbocycles. The summed E-state index contributed by atoms with van der Waals surface area (Å²) >= 11 is 0. The Kier molecular flexibility index (Phi) is 6.94. The van der Waals surface area contributed by atoms with E-state index in [1.54, 1.807) is 24.4 Å². The molecular weight excluding hydrogens is 475 g/mol.